The fourth-order valence-corrected chi connectivity index (χ4v) is 1.86. The summed E-state index contributed by atoms with van der Waals surface area (Å²) >= 11 is 0. The largest absolute Gasteiger partial charge is 0.386 e. The number of halogens is 1. The number of carbonyl (C=O) groups excluding carboxylic acids is 1. The lowest BCUT2D eigenvalue weighted by Gasteiger charge is -2.13. The lowest BCUT2D eigenvalue weighted by molar-refractivity contribution is 0.170. The van der Waals surface area contributed by atoms with Crippen LogP contribution in [0.5, 0.6) is 0 Å². The van der Waals surface area contributed by atoms with Crippen molar-refractivity contribution in [2.24, 2.45) is 0 Å². The number of carbonyl (C=O) groups is 1. The first-order valence-corrected chi connectivity index (χ1v) is 6.60. The highest BCUT2D eigenvalue weighted by Gasteiger charge is 2.13. The first-order chi connectivity index (χ1) is 10.1. The number of aliphatic hydroxyl groups excluding tert-OH is 1. The van der Waals surface area contributed by atoms with E-state index in [-0.39, 0.29) is 12.1 Å². The van der Waals surface area contributed by atoms with Crippen LogP contribution in [0.15, 0.2) is 48.5 Å². The van der Waals surface area contributed by atoms with Crippen LogP contribution in [0, 0.1) is 12.7 Å². The Labute approximate surface area is 122 Å². The van der Waals surface area contributed by atoms with Gasteiger partial charge in [0.15, 0.2) is 0 Å². The molecule has 0 fully saturated rings. The van der Waals surface area contributed by atoms with Gasteiger partial charge in [-0.2, -0.15) is 0 Å². The average molecular weight is 288 g/mol. The van der Waals surface area contributed by atoms with E-state index in [4.69, 9.17) is 0 Å². The molecule has 0 aromatic heterocycles. The molecule has 21 heavy (non-hydrogen) atoms. The Morgan fingerprint density at radius 3 is 2.52 bits per heavy atom. The maximum atomic E-state index is 13.5. The molecule has 3 N–H and O–H groups in total. The van der Waals surface area contributed by atoms with Crippen molar-refractivity contribution in [3.8, 4) is 0 Å². The van der Waals surface area contributed by atoms with Gasteiger partial charge in [0.05, 0.1) is 6.10 Å². The van der Waals surface area contributed by atoms with Crippen molar-refractivity contribution in [2.75, 3.05) is 11.9 Å². The molecule has 1 atom stereocenters. The van der Waals surface area contributed by atoms with Crippen LogP contribution in [-0.2, 0) is 0 Å². The first kappa shape index (κ1) is 15.0. The van der Waals surface area contributed by atoms with Crippen molar-refractivity contribution in [3.63, 3.8) is 0 Å². The molecule has 0 unspecified atom stereocenters. The van der Waals surface area contributed by atoms with Gasteiger partial charge in [-0.25, -0.2) is 9.18 Å². The number of urea groups is 1. The van der Waals surface area contributed by atoms with Crippen LogP contribution in [0.4, 0.5) is 14.9 Å². The minimum absolute atomic E-state index is 0.0708. The summed E-state index contributed by atoms with van der Waals surface area (Å²) in [5.74, 6) is -0.495. The van der Waals surface area contributed by atoms with Gasteiger partial charge in [-0.05, 0) is 25.1 Å². The van der Waals surface area contributed by atoms with Crippen molar-refractivity contribution >= 4 is 11.7 Å². The molecule has 4 nitrogen and oxygen atoms in total. The molecule has 0 aliphatic rings. The van der Waals surface area contributed by atoms with E-state index in [1.165, 1.54) is 12.1 Å². The Kier molecular flexibility index (Phi) is 4.90. The molecule has 0 aliphatic carbocycles. The third-order valence-corrected chi connectivity index (χ3v) is 3.03. The molecule has 0 spiro atoms. The summed E-state index contributed by atoms with van der Waals surface area (Å²) in [5, 5.41) is 15.0. The highest BCUT2D eigenvalue weighted by Crippen LogP contribution is 2.15. The summed E-state index contributed by atoms with van der Waals surface area (Å²) in [6, 6.07) is 12.8. The van der Waals surface area contributed by atoms with E-state index in [9.17, 15) is 14.3 Å². The number of hydrogen-bond donors (Lipinski definition) is 3. The summed E-state index contributed by atoms with van der Waals surface area (Å²) in [5.41, 5.74) is 1.91. The fraction of sp³-hybridized carbons (Fsp3) is 0.188. The van der Waals surface area contributed by atoms with E-state index in [0.29, 0.717) is 5.69 Å². The SMILES string of the molecule is Cc1ccc(NC(=O)NC[C@@H](O)c2ccccc2F)cc1. The molecule has 2 aromatic carbocycles. The molecule has 2 aromatic rings. The number of hydrogen-bond acceptors (Lipinski definition) is 2. The molecule has 0 radical (unpaired) electrons. The summed E-state index contributed by atoms with van der Waals surface area (Å²) in [4.78, 5) is 11.7. The molecule has 0 saturated heterocycles. The van der Waals surface area contributed by atoms with Gasteiger partial charge in [-0.1, -0.05) is 35.9 Å². The van der Waals surface area contributed by atoms with Gasteiger partial charge in [0, 0.05) is 17.8 Å². The molecule has 110 valence electrons. The van der Waals surface area contributed by atoms with Crippen LogP contribution in [0.3, 0.4) is 0 Å². The Balaban J connectivity index is 1.86. The lowest BCUT2D eigenvalue weighted by atomic mass is 10.1. The number of aliphatic hydroxyl groups is 1. The Hall–Kier alpha value is -2.40. The van der Waals surface area contributed by atoms with Crippen LogP contribution >= 0.6 is 0 Å². The zero-order valence-electron chi connectivity index (χ0n) is 11.6. The molecule has 0 saturated carbocycles. The summed E-state index contributed by atoms with van der Waals surface area (Å²) in [6.07, 6.45) is -1.09. The van der Waals surface area contributed by atoms with Gasteiger partial charge in [-0.3, -0.25) is 0 Å². The monoisotopic (exact) mass is 288 g/mol. The first-order valence-electron chi connectivity index (χ1n) is 6.60. The minimum Gasteiger partial charge on any atom is -0.386 e. The average Bonchev–Trinajstić information content (AvgIpc) is 2.48. The normalized spacial score (nSPS) is 11.8. The zero-order chi connectivity index (χ0) is 15.2. The van der Waals surface area contributed by atoms with Gasteiger partial charge >= 0.3 is 6.03 Å². The van der Waals surface area contributed by atoms with Crippen molar-refractivity contribution in [1.29, 1.82) is 0 Å². The Morgan fingerprint density at radius 1 is 1.19 bits per heavy atom. The number of benzene rings is 2. The highest BCUT2D eigenvalue weighted by molar-refractivity contribution is 5.89. The standard InChI is InChI=1S/C16H17FN2O2/c1-11-6-8-12(9-7-11)19-16(21)18-10-15(20)13-4-2-3-5-14(13)17/h2-9,15,20H,10H2,1H3,(H2,18,19,21)/t15-/m1/s1. The van der Waals surface area contributed by atoms with Gasteiger partial charge in [0.1, 0.15) is 5.82 Å². The molecule has 0 aliphatic heterocycles. The van der Waals surface area contributed by atoms with Gasteiger partial charge in [0.2, 0.25) is 0 Å². The highest BCUT2D eigenvalue weighted by atomic mass is 19.1. The van der Waals surface area contributed by atoms with Crippen molar-refractivity contribution < 1.29 is 14.3 Å². The third-order valence-electron chi connectivity index (χ3n) is 3.03. The number of amides is 2. The van der Waals surface area contributed by atoms with Gasteiger partial charge in [0.25, 0.3) is 0 Å². The van der Waals surface area contributed by atoms with Crippen LogP contribution in [-0.4, -0.2) is 17.7 Å². The van der Waals surface area contributed by atoms with Crippen LogP contribution in [0.1, 0.15) is 17.2 Å². The number of rotatable bonds is 4. The van der Waals surface area contributed by atoms with Crippen LogP contribution in [0.25, 0.3) is 0 Å². The Morgan fingerprint density at radius 2 is 1.86 bits per heavy atom. The maximum Gasteiger partial charge on any atom is 0.319 e. The van der Waals surface area contributed by atoms with Crippen LogP contribution < -0.4 is 10.6 Å². The smallest absolute Gasteiger partial charge is 0.319 e. The van der Waals surface area contributed by atoms with Crippen molar-refractivity contribution in [1.82, 2.24) is 5.32 Å². The second-order valence-corrected chi connectivity index (χ2v) is 4.74. The second kappa shape index (κ2) is 6.85. The van der Waals surface area contributed by atoms with E-state index in [0.717, 1.165) is 5.56 Å². The van der Waals surface area contributed by atoms with Crippen molar-refractivity contribution in [2.45, 2.75) is 13.0 Å². The molecule has 0 heterocycles. The van der Waals surface area contributed by atoms with Crippen LogP contribution in [0.2, 0.25) is 0 Å². The van der Waals surface area contributed by atoms with Gasteiger partial charge in [-0.15, -0.1) is 0 Å². The summed E-state index contributed by atoms with van der Waals surface area (Å²) in [6.45, 7) is 1.88. The number of anilines is 1. The predicted molar refractivity (Wildman–Crippen MR) is 79.6 cm³/mol. The van der Waals surface area contributed by atoms with E-state index < -0.39 is 18.0 Å². The van der Waals surface area contributed by atoms with E-state index in [1.54, 1.807) is 24.3 Å². The van der Waals surface area contributed by atoms with Crippen molar-refractivity contribution in [3.05, 3.63) is 65.5 Å². The fourth-order valence-electron chi connectivity index (χ4n) is 1.86. The molecule has 2 rings (SSSR count). The summed E-state index contributed by atoms with van der Waals surface area (Å²) in [7, 11) is 0. The zero-order valence-corrected chi connectivity index (χ0v) is 11.6. The minimum atomic E-state index is -1.09. The van der Waals surface area contributed by atoms with E-state index in [1.807, 2.05) is 19.1 Å². The third kappa shape index (κ3) is 4.29. The van der Waals surface area contributed by atoms with E-state index >= 15 is 0 Å². The lowest BCUT2D eigenvalue weighted by Crippen LogP contribution is -2.32. The summed E-state index contributed by atoms with van der Waals surface area (Å²) < 4.78 is 13.5. The topological polar surface area (TPSA) is 61.4 Å². The van der Waals surface area contributed by atoms with Gasteiger partial charge < -0.3 is 15.7 Å². The number of nitrogens with one attached hydrogen (secondary N) is 2. The maximum absolute atomic E-state index is 13.5. The molecular formula is C16H17FN2O2. The Bertz CT molecular complexity index is 614. The quantitative estimate of drug-likeness (QED) is 0.810. The molecule has 2 amide bonds. The second-order valence-electron chi connectivity index (χ2n) is 4.74. The van der Waals surface area contributed by atoms with E-state index in [2.05, 4.69) is 10.6 Å². The predicted octanol–water partition coefficient (Wildman–Crippen LogP) is 2.99. The number of aryl methyl sites for hydroxylation is 1. The molecular weight excluding hydrogens is 271 g/mol. The molecule has 0 bridgehead atoms. The molecule has 5 heteroatoms.